The molecular formula is C16H18N4. The number of hydrogen-bond acceptors (Lipinski definition) is 4. The molecule has 1 N–H and O–H groups in total. The van der Waals surface area contributed by atoms with Crippen molar-refractivity contribution in [1.82, 2.24) is 10.2 Å². The summed E-state index contributed by atoms with van der Waals surface area (Å²) < 4.78 is 0. The van der Waals surface area contributed by atoms with Crippen molar-refractivity contribution in [3.63, 3.8) is 0 Å². The summed E-state index contributed by atoms with van der Waals surface area (Å²) in [6, 6.07) is 9.95. The Morgan fingerprint density at radius 2 is 2.00 bits per heavy atom. The van der Waals surface area contributed by atoms with Crippen molar-refractivity contribution in [3.05, 3.63) is 30.0 Å². The summed E-state index contributed by atoms with van der Waals surface area (Å²) >= 11 is 0. The maximum atomic E-state index is 9.24. The number of rotatable bonds is 3. The largest absolute Gasteiger partial charge is 0.382 e. The van der Waals surface area contributed by atoms with E-state index in [4.69, 9.17) is 0 Å². The van der Waals surface area contributed by atoms with Crippen molar-refractivity contribution in [2.75, 3.05) is 11.9 Å². The maximum Gasteiger partial charge on any atom is 0.186 e. The monoisotopic (exact) mass is 266 g/mol. The normalized spacial score (nSPS) is 17.0. The lowest BCUT2D eigenvalue weighted by atomic mass is 9.89. The van der Waals surface area contributed by atoms with Crippen LogP contribution in [-0.4, -0.2) is 16.7 Å². The molecule has 102 valence electrons. The van der Waals surface area contributed by atoms with Gasteiger partial charge in [-0.3, -0.25) is 0 Å². The molecule has 0 bridgehead atoms. The predicted molar refractivity (Wildman–Crippen MR) is 79.3 cm³/mol. The van der Waals surface area contributed by atoms with E-state index in [-0.39, 0.29) is 0 Å². The van der Waals surface area contributed by atoms with E-state index in [1.54, 1.807) is 0 Å². The molecule has 0 amide bonds. The zero-order valence-corrected chi connectivity index (χ0v) is 11.7. The molecular weight excluding hydrogens is 248 g/mol. The topological polar surface area (TPSA) is 61.6 Å². The van der Waals surface area contributed by atoms with Gasteiger partial charge in [-0.1, -0.05) is 38.0 Å². The Hall–Kier alpha value is -2.15. The van der Waals surface area contributed by atoms with E-state index in [0.29, 0.717) is 11.1 Å². The highest BCUT2D eigenvalue weighted by Gasteiger charge is 2.28. The Morgan fingerprint density at radius 1 is 1.25 bits per heavy atom. The maximum absolute atomic E-state index is 9.24. The van der Waals surface area contributed by atoms with E-state index in [1.165, 1.54) is 25.7 Å². The van der Waals surface area contributed by atoms with Gasteiger partial charge in [-0.15, -0.1) is 10.2 Å². The third-order valence-corrected chi connectivity index (χ3v) is 4.28. The lowest BCUT2D eigenvalue weighted by Crippen LogP contribution is -2.23. The summed E-state index contributed by atoms with van der Waals surface area (Å²) in [5.74, 6) is 0. The second-order valence-corrected chi connectivity index (χ2v) is 5.92. The molecule has 1 heterocycles. The average molecular weight is 266 g/mol. The molecule has 4 heteroatoms. The third-order valence-electron chi connectivity index (χ3n) is 4.28. The van der Waals surface area contributed by atoms with Crippen LogP contribution in [0.4, 0.5) is 5.69 Å². The van der Waals surface area contributed by atoms with Gasteiger partial charge in [0.2, 0.25) is 0 Å². The van der Waals surface area contributed by atoms with Crippen LogP contribution in [0.5, 0.6) is 0 Å². The summed E-state index contributed by atoms with van der Waals surface area (Å²) in [6.07, 6.45) is 5.11. The minimum absolute atomic E-state index is 0.330. The Balaban J connectivity index is 1.95. The number of hydrogen-bond donors (Lipinski definition) is 1. The van der Waals surface area contributed by atoms with Gasteiger partial charge < -0.3 is 5.32 Å². The third kappa shape index (κ3) is 2.32. The zero-order chi connectivity index (χ0) is 14.0. The van der Waals surface area contributed by atoms with E-state index < -0.39 is 0 Å². The molecule has 2 aromatic rings. The van der Waals surface area contributed by atoms with E-state index in [1.807, 2.05) is 24.3 Å². The Morgan fingerprint density at radius 3 is 2.75 bits per heavy atom. The fraction of sp³-hybridized carbons (Fsp3) is 0.438. The minimum Gasteiger partial charge on any atom is -0.382 e. The van der Waals surface area contributed by atoms with Crippen molar-refractivity contribution in [2.24, 2.45) is 5.41 Å². The first kappa shape index (κ1) is 12.9. The molecule has 0 saturated heterocycles. The van der Waals surface area contributed by atoms with Crippen LogP contribution in [-0.2, 0) is 0 Å². The Labute approximate surface area is 118 Å². The molecule has 4 nitrogen and oxygen atoms in total. The quantitative estimate of drug-likeness (QED) is 0.923. The van der Waals surface area contributed by atoms with Gasteiger partial charge in [0.05, 0.1) is 11.2 Å². The molecule has 3 rings (SSSR count). The highest BCUT2D eigenvalue weighted by Crippen LogP contribution is 2.38. The molecule has 0 spiro atoms. The van der Waals surface area contributed by atoms with Crippen LogP contribution in [0, 0.1) is 16.7 Å². The van der Waals surface area contributed by atoms with Gasteiger partial charge in [0.25, 0.3) is 0 Å². The number of benzene rings is 1. The molecule has 0 atom stereocenters. The first-order valence-electron chi connectivity index (χ1n) is 7.11. The highest BCUT2D eigenvalue weighted by atomic mass is 15.1. The summed E-state index contributed by atoms with van der Waals surface area (Å²) in [7, 11) is 0. The predicted octanol–water partition coefficient (Wildman–Crippen LogP) is 3.49. The number of nitrogens with zero attached hydrogens (tertiary/aromatic N) is 3. The Kier molecular flexibility index (Phi) is 3.27. The summed E-state index contributed by atoms with van der Waals surface area (Å²) in [5.41, 5.74) is 2.36. The van der Waals surface area contributed by atoms with Crippen molar-refractivity contribution in [1.29, 1.82) is 5.26 Å². The van der Waals surface area contributed by atoms with Crippen LogP contribution in [0.25, 0.3) is 10.9 Å². The van der Waals surface area contributed by atoms with Gasteiger partial charge >= 0.3 is 0 Å². The smallest absolute Gasteiger partial charge is 0.186 e. The number of aromatic nitrogens is 2. The molecule has 0 radical (unpaired) electrons. The molecule has 0 unspecified atom stereocenters. The number of nitriles is 1. The lowest BCUT2D eigenvalue weighted by molar-refractivity contribution is 0.362. The number of nitrogens with one attached hydrogen (secondary N) is 1. The average Bonchev–Trinajstić information content (AvgIpc) is 2.91. The first-order chi connectivity index (χ1) is 9.72. The summed E-state index contributed by atoms with van der Waals surface area (Å²) in [4.78, 5) is 0. The van der Waals surface area contributed by atoms with Gasteiger partial charge in [0.15, 0.2) is 5.69 Å². The first-order valence-corrected chi connectivity index (χ1v) is 7.11. The Bertz CT molecular complexity index is 666. The van der Waals surface area contributed by atoms with Crippen LogP contribution < -0.4 is 5.32 Å². The van der Waals surface area contributed by atoms with Crippen molar-refractivity contribution in [2.45, 2.75) is 32.6 Å². The summed E-state index contributed by atoms with van der Waals surface area (Å²) in [5, 5.41) is 21.8. The van der Waals surface area contributed by atoms with Gasteiger partial charge in [-0.2, -0.15) is 5.26 Å². The molecule has 1 aliphatic carbocycles. The molecule has 20 heavy (non-hydrogen) atoms. The highest BCUT2D eigenvalue weighted by molar-refractivity contribution is 5.92. The summed E-state index contributed by atoms with van der Waals surface area (Å²) in [6.45, 7) is 3.20. The SMILES string of the molecule is CC1(CNc2c(C#N)nnc3ccccc23)CCCC1. The van der Waals surface area contributed by atoms with Crippen molar-refractivity contribution >= 4 is 16.6 Å². The van der Waals surface area contributed by atoms with E-state index in [2.05, 4.69) is 28.5 Å². The standard InChI is InChI=1S/C16H18N4/c1-16(8-4-5-9-16)11-18-15-12-6-2-3-7-13(12)19-20-14(15)10-17/h2-3,6-7H,4-5,8-9,11H2,1H3,(H,18,19). The minimum atomic E-state index is 0.330. The van der Waals surface area contributed by atoms with Crippen LogP contribution >= 0.6 is 0 Å². The molecule has 0 aliphatic heterocycles. The fourth-order valence-electron chi connectivity index (χ4n) is 3.02. The zero-order valence-electron chi connectivity index (χ0n) is 11.7. The van der Waals surface area contributed by atoms with E-state index in [9.17, 15) is 5.26 Å². The second-order valence-electron chi connectivity index (χ2n) is 5.92. The molecule has 1 saturated carbocycles. The van der Waals surface area contributed by atoms with Crippen LogP contribution in [0.3, 0.4) is 0 Å². The fourth-order valence-corrected chi connectivity index (χ4v) is 3.02. The second kappa shape index (κ2) is 5.09. The van der Waals surface area contributed by atoms with E-state index >= 15 is 0 Å². The van der Waals surface area contributed by atoms with Crippen molar-refractivity contribution < 1.29 is 0 Å². The van der Waals surface area contributed by atoms with Gasteiger partial charge in [-0.05, 0) is 24.3 Å². The number of fused-ring (bicyclic) bond motifs is 1. The molecule has 1 aromatic heterocycles. The molecule has 1 aromatic carbocycles. The molecule has 1 aliphatic rings. The molecule has 1 fully saturated rings. The van der Waals surface area contributed by atoms with E-state index in [0.717, 1.165) is 23.1 Å². The van der Waals surface area contributed by atoms with Gasteiger partial charge in [-0.25, -0.2) is 0 Å². The van der Waals surface area contributed by atoms with Gasteiger partial charge in [0, 0.05) is 11.9 Å². The van der Waals surface area contributed by atoms with Crippen molar-refractivity contribution in [3.8, 4) is 6.07 Å². The van der Waals surface area contributed by atoms with Crippen LogP contribution in [0.1, 0.15) is 38.3 Å². The number of anilines is 1. The van der Waals surface area contributed by atoms with Crippen LogP contribution in [0.2, 0.25) is 0 Å². The van der Waals surface area contributed by atoms with Crippen LogP contribution in [0.15, 0.2) is 24.3 Å². The lowest BCUT2D eigenvalue weighted by Gasteiger charge is -2.24. The van der Waals surface area contributed by atoms with Gasteiger partial charge in [0.1, 0.15) is 6.07 Å².